The summed E-state index contributed by atoms with van der Waals surface area (Å²) >= 11 is 3.68. The van der Waals surface area contributed by atoms with Crippen LogP contribution in [-0.2, 0) is 0 Å². The maximum Gasteiger partial charge on any atom is 0.144 e. The van der Waals surface area contributed by atoms with Crippen molar-refractivity contribution in [1.82, 2.24) is 0 Å². The van der Waals surface area contributed by atoms with Crippen molar-refractivity contribution in [3.8, 4) is 22.3 Å². The van der Waals surface area contributed by atoms with Gasteiger partial charge in [-0.05, 0) is 77.4 Å². The van der Waals surface area contributed by atoms with Crippen LogP contribution in [0, 0.1) is 0 Å². The SMILES string of the molecule is c1ccc(-c2ccc(N(c3ccc(-c4cccc5c4oc4c5ccc5sc6ccccc6c54)cc3)c3cccc4sc5ccccc5c34)cc2)cc1. The maximum absolute atomic E-state index is 6.86. The van der Waals surface area contributed by atoms with Gasteiger partial charge in [0.15, 0.2) is 0 Å². The first-order valence-electron chi connectivity index (χ1n) is 17.5. The third-order valence-electron chi connectivity index (χ3n) is 10.3. The predicted octanol–water partition coefficient (Wildman–Crippen LogP) is 15.1. The van der Waals surface area contributed by atoms with E-state index >= 15 is 0 Å². The van der Waals surface area contributed by atoms with Crippen molar-refractivity contribution >= 4 is 102 Å². The van der Waals surface area contributed by atoms with E-state index in [1.165, 1.54) is 57.2 Å². The minimum Gasteiger partial charge on any atom is -0.455 e. The summed E-state index contributed by atoms with van der Waals surface area (Å²) in [6.07, 6.45) is 0. The number of hydrogen-bond acceptors (Lipinski definition) is 4. The van der Waals surface area contributed by atoms with Gasteiger partial charge < -0.3 is 9.32 Å². The molecule has 3 heterocycles. The molecular weight excluding hydrogens is 671 g/mol. The molecule has 0 aliphatic carbocycles. The molecule has 0 bridgehead atoms. The molecule has 0 amide bonds. The van der Waals surface area contributed by atoms with Crippen molar-refractivity contribution in [2.45, 2.75) is 0 Å². The fraction of sp³-hybridized carbons (Fsp3) is 0. The first kappa shape index (κ1) is 29.5. The lowest BCUT2D eigenvalue weighted by molar-refractivity contribution is 0.674. The molecule has 2 nitrogen and oxygen atoms in total. The van der Waals surface area contributed by atoms with Gasteiger partial charge in [0, 0.05) is 68.1 Å². The zero-order valence-electron chi connectivity index (χ0n) is 27.9. The van der Waals surface area contributed by atoms with Gasteiger partial charge in [0.05, 0.1) is 5.69 Å². The minimum atomic E-state index is 0.927. The number of nitrogens with zero attached hydrogens (tertiary/aromatic N) is 1. The molecule has 0 N–H and O–H groups in total. The second-order valence-electron chi connectivity index (χ2n) is 13.2. The molecule has 0 saturated heterocycles. The average Bonchev–Trinajstić information content (AvgIpc) is 3.90. The van der Waals surface area contributed by atoms with Crippen molar-refractivity contribution < 1.29 is 4.42 Å². The van der Waals surface area contributed by atoms with Gasteiger partial charge in [-0.2, -0.15) is 0 Å². The maximum atomic E-state index is 6.86. The van der Waals surface area contributed by atoms with Gasteiger partial charge >= 0.3 is 0 Å². The number of anilines is 3. The summed E-state index contributed by atoms with van der Waals surface area (Å²) < 4.78 is 12.0. The van der Waals surface area contributed by atoms with E-state index in [0.717, 1.165) is 44.4 Å². The molecule has 11 rings (SSSR count). The Morgan fingerprint density at radius 3 is 1.62 bits per heavy atom. The molecule has 0 saturated carbocycles. The van der Waals surface area contributed by atoms with E-state index in [-0.39, 0.29) is 0 Å². The van der Waals surface area contributed by atoms with Crippen molar-refractivity contribution in [3.63, 3.8) is 0 Å². The number of rotatable bonds is 5. The summed E-state index contributed by atoms with van der Waals surface area (Å²) in [6, 6.07) is 63.6. The lowest BCUT2D eigenvalue weighted by atomic mass is 10.0. The number of thiophene rings is 2. The Morgan fingerprint density at radius 2 is 0.885 bits per heavy atom. The Labute approximate surface area is 308 Å². The van der Waals surface area contributed by atoms with Gasteiger partial charge in [0.2, 0.25) is 0 Å². The van der Waals surface area contributed by atoms with Gasteiger partial charge in [-0.1, -0.05) is 115 Å². The van der Waals surface area contributed by atoms with Crippen molar-refractivity contribution in [2.75, 3.05) is 4.90 Å². The average molecular weight is 700 g/mol. The minimum absolute atomic E-state index is 0.927. The number of furan rings is 1. The molecule has 0 aliphatic heterocycles. The quantitative estimate of drug-likeness (QED) is 0.178. The molecule has 4 heteroatoms. The van der Waals surface area contributed by atoms with Crippen LogP contribution in [0.1, 0.15) is 0 Å². The first-order valence-corrected chi connectivity index (χ1v) is 19.1. The number of fused-ring (bicyclic) bond motifs is 10. The molecule has 0 fully saturated rings. The summed E-state index contributed by atoms with van der Waals surface area (Å²) in [5.74, 6) is 0. The van der Waals surface area contributed by atoms with E-state index in [2.05, 4.69) is 181 Å². The summed E-state index contributed by atoms with van der Waals surface area (Å²) in [7, 11) is 0. The second kappa shape index (κ2) is 11.7. The molecular formula is C48H29NOS2. The van der Waals surface area contributed by atoms with Crippen LogP contribution in [-0.4, -0.2) is 0 Å². The van der Waals surface area contributed by atoms with Crippen LogP contribution >= 0.6 is 22.7 Å². The van der Waals surface area contributed by atoms with Gasteiger partial charge in [-0.15, -0.1) is 22.7 Å². The zero-order valence-corrected chi connectivity index (χ0v) is 29.5. The smallest absolute Gasteiger partial charge is 0.144 e. The highest BCUT2D eigenvalue weighted by Crippen LogP contribution is 2.47. The van der Waals surface area contributed by atoms with E-state index in [1.807, 2.05) is 22.7 Å². The molecule has 0 atom stereocenters. The number of hydrogen-bond donors (Lipinski definition) is 0. The Hall–Kier alpha value is -6.20. The molecule has 0 spiro atoms. The first-order chi connectivity index (χ1) is 25.8. The monoisotopic (exact) mass is 699 g/mol. The Kier molecular flexibility index (Phi) is 6.63. The summed E-state index contributed by atoms with van der Waals surface area (Å²) in [6.45, 7) is 0. The second-order valence-corrected chi connectivity index (χ2v) is 15.4. The predicted molar refractivity (Wildman–Crippen MR) is 225 cm³/mol. The summed E-state index contributed by atoms with van der Waals surface area (Å²) in [5.41, 5.74) is 9.90. The van der Waals surface area contributed by atoms with Crippen molar-refractivity contribution in [2.24, 2.45) is 0 Å². The Morgan fingerprint density at radius 1 is 0.346 bits per heavy atom. The normalized spacial score (nSPS) is 11.8. The molecule has 0 aliphatic rings. The van der Waals surface area contributed by atoms with Crippen LogP contribution in [0.25, 0.3) is 84.5 Å². The van der Waals surface area contributed by atoms with E-state index in [9.17, 15) is 0 Å². The fourth-order valence-electron chi connectivity index (χ4n) is 7.89. The summed E-state index contributed by atoms with van der Waals surface area (Å²) in [5, 5.41) is 7.32. The number of para-hydroxylation sites is 1. The third-order valence-corrected chi connectivity index (χ3v) is 12.6. The molecule has 0 unspecified atom stereocenters. The third kappa shape index (κ3) is 4.55. The van der Waals surface area contributed by atoms with Crippen LogP contribution in [0.2, 0.25) is 0 Å². The molecule has 8 aromatic carbocycles. The van der Waals surface area contributed by atoms with Crippen LogP contribution in [0.15, 0.2) is 180 Å². The van der Waals surface area contributed by atoms with Gasteiger partial charge in [0.25, 0.3) is 0 Å². The van der Waals surface area contributed by atoms with Crippen molar-refractivity contribution in [3.05, 3.63) is 176 Å². The highest BCUT2D eigenvalue weighted by Gasteiger charge is 2.20. The van der Waals surface area contributed by atoms with E-state index < -0.39 is 0 Å². The highest BCUT2D eigenvalue weighted by atomic mass is 32.1. The standard InChI is InChI=1S/C48H29NOS2/c1-2-10-30(11-3-1)31-20-24-33(25-21-31)49(40-16-9-19-43-45(40)38-12-4-6-17-41(38)51-43)34-26-22-32(23-27-34)35-14-8-15-36-37-28-29-44-46(48(37)50-47(35)36)39-13-5-7-18-42(39)52-44/h1-29H. The molecule has 3 aromatic heterocycles. The van der Waals surface area contributed by atoms with Gasteiger partial charge in [-0.25, -0.2) is 0 Å². The molecule has 11 aromatic rings. The molecule has 52 heavy (non-hydrogen) atoms. The zero-order chi connectivity index (χ0) is 34.2. The largest absolute Gasteiger partial charge is 0.455 e. The van der Waals surface area contributed by atoms with Crippen molar-refractivity contribution in [1.29, 1.82) is 0 Å². The lowest BCUT2D eigenvalue weighted by Crippen LogP contribution is -2.10. The topological polar surface area (TPSA) is 16.4 Å². The van der Waals surface area contributed by atoms with Gasteiger partial charge in [-0.3, -0.25) is 0 Å². The van der Waals surface area contributed by atoms with E-state index in [4.69, 9.17) is 4.42 Å². The molecule has 0 radical (unpaired) electrons. The van der Waals surface area contributed by atoms with Crippen LogP contribution in [0.3, 0.4) is 0 Å². The van der Waals surface area contributed by atoms with E-state index in [1.54, 1.807) is 0 Å². The fourth-order valence-corrected chi connectivity index (χ4v) is 10.1. The summed E-state index contributed by atoms with van der Waals surface area (Å²) in [4.78, 5) is 2.40. The Balaban J connectivity index is 1.07. The Bertz CT molecular complexity index is 3110. The van der Waals surface area contributed by atoms with Crippen LogP contribution in [0.5, 0.6) is 0 Å². The number of benzene rings is 8. The van der Waals surface area contributed by atoms with E-state index in [0.29, 0.717) is 0 Å². The molecule has 244 valence electrons. The highest BCUT2D eigenvalue weighted by molar-refractivity contribution is 7.26. The van der Waals surface area contributed by atoms with Crippen LogP contribution in [0.4, 0.5) is 17.1 Å². The lowest BCUT2D eigenvalue weighted by Gasteiger charge is -2.27. The van der Waals surface area contributed by atoms with Crippen LogP contribution < -0.4 is 4.90 Å². The van der Waals surface area contributed by atoms with Gasteiger partial charge in [0.1, 0.15) is 11.2 Å².